The molecule has 0 radical (unpaired) electrons. The summed E-state index contributed by atoms with van der Waals surface area (Å²) in [5.74, 6) is 0.723. The van der Waals surface area contributed by atoms with Crippen LogP contribution in [0.15, 0.2) is 35.6 Å². The van der Waals surface area contributed by atoms with E-state index in [1.54, 1.807) is 18.2 Å². The van der Waals surface area contributed by atoms with Crippen molar-refractivity contribution in [3.63, 3.8) is 0 Å². The first kappa shape index (κ1) is 23.2. The van der Waals surface area contributed by atoms with Crippen LogP contribution in [0.3, 0.4) is 0 Å². The normalized spacial score (nSPS) is 11.8. The quantitative estimate of drug-likeness (QED) is 0.354. The molecule has 0 heterocycles. The molecule has 1 aromatic rings. The lowest BCUT2D eigenvalue weighted by molar-refractivity contribution is -0.113. The topological polar surface area (TPSA) is 83.1 Å². The van der Waals surface area contributed by atoms with Gasteiger partial charge < -0.3 is 24.3 Å². The van der Waals surface area contributed by atoms with Gasteiger partial charge in [-0.05, 0) is 45.4 Å². The molecule has 1 rings (SSSR count). The summed E-state index contributed by atoms with van der Waals surface area (Å²) < 4.78 is 21.1. The molecule has 0 aliphatic heterocycles. The highest BCUT2D eigenvalue weighted by Gasteiger charge is 2.16. The Bertz CT molecular complexity index is 726. The van der Waals surface area contributed by atoms with Crippen molar-refractivity contribution in [1.29, 1.82) is 0 Å². The summed E-state index contributed by atoms with van der Waals surface area (Å²) in [6.45, 7) is 6.46. The third-order valence-electron chi connectivity index (χ3n) is 4.06. The van der Waals surface area contributed by atoms with Crippen LogP contribution in [-0.4, -0.2) is 46.2 Å². The maximum Gasteiger partial charge on any atom is 0.255 e. The zero-order valence-electron chi connectivity index (χ0n) is 17.4. The van der Waals surface area contributed by atoms with Crippen LogP contribution in [0, 0.1) is 0 Å². The van der Waals surface area contributed by atoms with Gasteiger partial charge in [0.15, 0.2) is 17.3 Å². The Kier molecular flexibility index (Phi) is 9.81. The van der Waals surface area contributed by atoms with E-state index in [2.05, 4.69) is 5.32 Å². The molecule has 0 fully saturated rings. The molecule has 0 saturated carbocycles. The number of amides is 1. The number of allylic oxidation sites excluding steroid dienone is 2. The smallest absolute Gasteiger partial charge is 0.255 e. The lowest BCUT2D eigenvalue weighted by Crippen LogP contribution is -2.17. The molecule has 0 spiro atoms. The van der Waals surface area contributed by atoms with Crippen molar-refractivity contribution in [1.82, 2.24) is 5.32 Å². The lowest BCUT2D eigenvalue weighted by Gasteiger charge is -2.13. The van der Waals surface area contributed by atoms with E-state index >= 15 is 0 Å². The molecule has 0 bridgehead atoms. The molecule has 1 N–H and O–H groups in total. The molecule has 7 nitrogen and oxygen atoms in total. The van der Waals surface area contributed by atoms with Gasteiger partial charge in [0.1, 0.15) is 0 Å². The molecule has 0 aliphatic rings. The van der Waals surface area contributed by atoms with Gasteiger partial charge in [0.05, 0.1) is 27.9 Å². The number of hydrogen-bond donors (Lipinski definition) is 1. The van der Waals surface area contributed by atoms with Crippen LogP contribution in [0.4, 0.5) is 0 Å². The van der Waals surface area contributed by atoms with E-state index in [0.717, 1.165) is 5.57 Å². The summed E-state index contributed by atoms with van der Waals surface area (Å²) in [4.78, 5) is 24.4. The van der Waals surface area contributed by atoms with Crippen molar-refractivity contribution in [2.24, 2.45) is 0 Å². The fourth-order valence-corrected chi connectivity index (χ4v) is 2.56. The maximum atomic E-state index is 12.5. The van der Waals surface area contributed by atoms with Crippen molar-refractivity contribution in [3.05, 3.63) is 41.1 Å². The molecule has 7 heteroatoms. The monoisotopic (exact) mass is 391 g/mol. The van der Waals surface area contributed by atoms with Crippen LogP contribution in [0.5, 0.6) is 17.2 Å². The summed E-state index contributed by atoms with van der Waals surface area (Å²) in [5.41, 5.74) is 1.78. The predicted octanol–water partition coefficient (Wildman–Crippen LogP) is 3.29. The summed E-state index contributed by atoms with van der Waals surface area (Å²) >= 11 is 0. The highest BCUT2D eigenvalue weighted by Crippen LogP contribution is 2.38. The van der Waals surface area contributed by atoms with Crippen molar-refractivity contribution >= 4 is 11.7 Å². The van der Waals surface area contributed by atoms with Crippen LogP contribution >= 0.6 is 0 Å². The fourth-order valence-electron chi connectivity index (χ4n) is 2.56. The second-order valence-electron chi connectivity index (χ2n) is 5.92. The van der Waals surface area contributed by atoms with Crippen LogP contribution in [-0.2, 0) is 9.53 Å². The van der Waals surface area contributed by atoms with Gasteiger partial charge >= 0.3 is 0 Å². The molecular formula is C21H29NO6. The minimum Gasteiger partial charge on any atom is -0.493 e. The number of Topliss-reactive ketones (excluding diaryl/α,β-unsaturated/α-hetero) is 1. The van der Waals surface area contributed by atoms with Crippen molar-refractivity contribution < 1.29 is 28.5 Å². The third kappa shape index (κ3) is 6.42. The van der Waals surface area contributed by atoms with Gasteiger partial charge in [0.2, 0.25) is 5.75 Å². The highest BCUT2D eigenvalue weighted by atomic mass is 16.5. The number of ether oxygens (including phenoxy) is 4. The summed E-state index contributed by atoms with van der Waals surface area (Å²) in [6, 6.07) is 3.11. The molecular weight excluding hydrogens is 362 g/mol. The number of methoxy groups -OCH3 is 3. The van der Waals surface area contributed by atoms with E-state index in [-0.39, 0.29) is 11.7 Å². The zero-order valence-corrected chi connectivity index (χ0v) is 17.4. The Balaban J connectivity index is 2.97. The zero-order chi connectivity index (χ0) is 21.1. The number of hydrogen-bond acceptors (Lipinski definition) is 6. The number of rotatable bonds is 11. The van der Waals surface area contributed by atoms with Gasteiger partial charge in [-0.2, -0.15) is 0 Å². The average Bonchev–Trinajstić information content (AvgIpc) is 2.69. The Hall–Kier alpha value is -2.80. The van der Waals surface area contributed by atoms with E-state index in [0.29, 0.717) is 48.0 Å². The standard InChI is InChI=1S/C21H29NO6/c1-7-28-11-9-14(2)17(15(3)23)8-10-22-21(24)16-12-18(25-4)20(27-6)19(13-16)26-5/h8,10,12-13H,7,9,11H2,1-6H3,(H,22,24)/b10-8+,17-14-. The molecule has 0 saturated heterocycles. The summed E-state index contributed by atoms with van der Waals surface area (Å²) in [7, 11) is 4.45. The average molecular weight is 391 g/mol. The minimum atomic E-state index is -0.370. The summed E-state index contributed by atoms with van der Waals surface area (Å²) in [6.07, 6.45) is 3.69. The van der Waals surface area contributed by atoms with E-state index < -0.39 is 0 Å². The Labute approximate surface area is 166 Å². The second-order valence-corrected chi connectivity index (χ2v) is 5.92. The maximum absolute atomic E-state index is 12.5. The van der Waals surface area contributed by atoms with Gasteiger partial charge in [0, 0.05) is 23.9 Å². The molecule has 0 atom stereocenters. The van der Waals surface area contributed by atoms with E-state index in [1.807, 2.05) is 13.8 Å². The number of carbonyl (C=O) groups is 2. The van der Waals surface area contributed by atoms with Crippen molar-refractivity contribution in [2.45, 2.75) is 27.2 Å². The molecule has 1 amide bonds. The van der Waals surface area contributed by atoms with Crippen molar-refractivity contribution in [2.75, 3.05) is 34.5 Å². The molecule has 0 aliphatic carbocycles. The third-order valence-corrected chi connectivity index (χ3v) is 4.06. The van der Waals surface area contributed by atoms with Crippen LogP contribution in [0.2, 0.25) is 0 Å². The number of ketones is 1. The van der Waals surface area contributed by atoms with Gasteiger partial charge in [-0.1, -0.05) is 5.57 Å². The molecule has 28 heavy (non-hydrogen) atoms. The number of carbonyl (C=O) groups excluding carboxylic acids is 2. The predicted molar refractivity (Wildman–Crippen MR) is 107 cm³/mol. The molecule has 0 aromatic heterocycles. The Morgan fingerprint density at radius 2 is 1.64 bits per heavy atom. The SMILES string of the molecule is CCOCC/C(C)=C(/C=C/NC(=O)c1cc(OC)c(OC)c(OC)c1)C(C)=O. The second kappa shape index (κ2) is 11.8. The van der Waals surface area contributed by atoms with Gasteiger partial charge in [-0.3, -0.25) is 9.59 Å². The van der Waals surface area contributed by atoms with E-state index in [1.165, 1.54) is 34.5 Å². The van der Waals surface area contributed by atoms with Crippen LogP contribution < -0.4 is 19.5 Å². The lowest BCUT2D eigenvalue weighted by atomic mass is 10.0. The van der Waals surface area contributed by atoms with Crippen LogP contribution in [0.25, 0.3) is 0 Å². The molecule has 0 unspecified atom stereocenters. The van der Waals surface area contributed by atoms with E-state index in [4.69, 9.17) is 18.9 Å². The van der Waals surface area contributed by atoms with Gasteiger partial charge in [-0.25, -0.2) is 0 Å². The largest absolute Gasteiger partial charge is 0.493 e. The molecule has 154 valence electrons. The minimum absolute atomic E-state index is 0.0766. The Morgan fingerprint density at radius 3 is 2.11 bits per heavy atom. The van der Waals surface area contributed by atoms with E-state index in [9.17, 15) is 9.59 Å². The fraction of sp³-hybridized carbons (Fsp3) is 0.429. The van der Waals surface area contributed by atoms with Gasteiger partial charge in [0.25, 0.3) is 5.91 Å². The van der Waals surface area contributed by atoms with Gasteiger partial charge in [-0.15, -0.1) is 0 Å². The first-order valence-electron chi connectivity index (χ1n) is 8.95. The number of benzene rings is 1. The first-order chi connectivity index (χ1) is 13.4. The highest BCUT2D eigenvalue weighted by molar-refractivity contribution is 5.98. The Morgan fingerprint density at radius 1 is 1.04 bits per heavy atom. The van der Waals surface area contributed by atoms with Crippen LogP contribution in [0.1, 0.15) is 37.6 Å². The first-order valence-corrected chi connectivity index (χ1v) is 8.95. The summed E-state index contributed by atoms with van der Waals surface area (Å²) in [5, 5.41) is 2.66. The molecule has 1 aromatic carbocycles. The number of nitrogens with one attached hydrogen (secondary N) is 1. The van der Waals surface area contributed by atoms with Crippen molar-refractivity contribution in [3.8, 4) is 17.2 Å².